The molecule has 130 valence electrons. The standard InChI is InChI=1S/C19H21N3O3/c1-11-20-17-10-22(9-16(17)19(25)21-11)18(24)8-15(12-2-3-12)13-4-6-14(23)7-5-13/h4-7,12,15,23H,2-3,8-10H2,1H3,(H,20,21,25). The molecule has 0 radical (unpaired) electrons. The average Bonchev–Trinajstić information content (AvgIpc) is 3.32. The number of carbonyl (C=O) groups excluding carboxylic acids is 1. The van der Waals surface area contributed by atoms with Crippen molar-refractivity contribution in [3.05, 3.63) is 57.3 Å². The number of amides is 1. The van der Waals surface area contributed by atoms with Crippen molar-refractivity contribution in [1.82, 2.24) is 14.9 Å². The van der Waals surface area contributed by atoms with Crippen molar-refractivity contribution in [2.24, 2.45) is 5.92 Å². The Labute approximate surface area is 145 Å². The Bertz CT molecular complexity index is 868. The van der Waals surface area contributed by atoms with Crippen LogP contribution in [-0.2, 0) is 17.9 Å². The second-order valence-corrected chi connectivity index (χ2v) is 7.07. The van der Waals surface area contributed by atoms with Crippen molar-refractivity contribution in [1.29, 1.82) is 0 Å². The van der Waals surface area contributed by atoms with Gasteiger partial charge in [0.05, 0.1) is 24.3 Å². The fourth-order valence-electron chi connectivity index (χ4n) is 3.66. The second-order valence-electron chi connectivity index (χ2n) is 7.07. The van der Waals surface area contributed by atoms with E-state index >= 15 is 0 Å². The summed E-state index contributed by atoms with van der Waals surface area (Å²) in [7, 11) is 0. The van der Waals surface area contributed by atoms with Gasteiger partial charge in [0.1, 0.15) is 11.6 Å². The van der Waals surface area contributed by atoms with Gasteiger partial charge >= 0.3 is 0 Å². The first-order valence-corrected chi connectivity index (χ1v) is 8.66. The average molecular weight is 339 g/mol. The number of hydrogen-bond donors (Lipinski definition) is 2. The van der Waals surface area contributed by atoms with Gasteiger partial charge in [-0.25, -0.2) is 4.98 Å². The molecule has 1 aromatic heterocycles. The smallest absolute Gasteiger partial charge is 0.256 e. The highest BCUT2D eigenvalue weighted by Gasteiger charge is 2.36. The summed E-state index contributed by atoms with van der Waals surface area (Å²) < 4.78 is 0. The first-order chi connectivity index (χ1) is 12.0. The van der Waals surface area contributed by atoms with Crippen LogP contribution in [0.4, 0.5) is 0 Å². The molecule has 25 heavy (non-hydrogen) atoms. The molecule has 4 rings (SSSR count). The predicted octanol–water partition coefficient (Wildman–Crippen LogP) is 2.21. The Hall–Kier alpha value is -2.63. The van der Waals surface area contributed by atoms with Crippen LogP contribution in [0.2, 0.25) is 0 Å². The number of hydrogen-bond acceptors (Lipinski definition) is 4. The number of H-pyrrole nitrogens is 1. The Morgan fingerprint density at radius 3 is 2.72 bits per heavy atom. The van der Waals surface area contributed by atoms with Gasteiger partial charge in [-0.15, -0.1) is 0 Å². The minimum absolute atomic E-state index is 0.0556. The molecule has 6 nitrogen and oxygen atoms in total. The fourth-order valence-corrected chi connectivity index (χ4v) is 3.66. The largest absolute Gasteiger partial charge is 0.508 e. The number of nitrogens with zero attached hydrogens (tertiary/aromatic N) is 2. The first-order valence-electron chi connectivity index (χ1n) is 8.66. The molecular formula is C19H21N3O3. The summed E-state index contributed by atoms with van der Waals surface area (Å²) in [5.41, 5.74) is 2.26. The molecule has 1 aromatic carbocycles. The number of aromatic nitrogens is 2. The Morgan fingerprint density at radius 1 is 1.32 bits per heavy atom. The van der Waals surface area contributed by atoms with Crippen molar-refractivity contribution in [2.75, 3.05) is 0 Å². The molecule has 2 N–H and O–H groups in total. The zero-order valence-electron chi connectivity index (χ0n) is 14.2. The highest BCUT2D eigenvalue weighted by atomic mass is 16.3. The summed E-state index contributed by atoms with van der Waals surface area (Å²) in [6, 6.07) is 7.15. The monoisotopic (exact) mass is 339 g/mol. The van der Waals surface area contributed by atoms with Gasteiger partial charge in [-0.1, -0.05) is 12.1 Å². The van der Waals surface area contributed by atoms with E-state index in [1.165, 1.54) is 0 Å². The summed E-state index contributed by atoms with van der Waals surface area (Å²) in [6.45, 7) is 2.50. The fraction of sp³-hybridized carbons (Fsp3) is 0.421. The van der Waals surface area contributed by atoms with E-state index < -0.39 is 0 Å². The van der Waals surface area contributed by atoms with Gasteiger partial charge in [0.25, 0.3) is 5.56 Å². The summed E-state index contributed by atoms with van der Waals surface area (Å²) in [5.74, 6) is 1.57. The zero-order valence-corrected chi connectivity index (χ0v) is 14.2. The van der Waals surface area contributed by atoms with E-state index in [0.717, 1.165) is 18.4 Å². The maximum atomic E-state index is 12.8. The summed E-state index contributed by atoms with van der Waals surface area (Å²) in [6.07, 6.45) is 2.71. The molecule has 2 aliphatic rings. The van der Waals surface area contributed by atoms with Crippen LogP contribution in [0.1, 0.15) is 47.8 Å². The van der Waals surface area contributed by atoms with E-state index in [0.29, 0.717) is 42.5 Å². The Kier molecular flexibility index (Phi) is 3.82. The van der Waals surface area contributed by atoms with E-state index in [9.17, 15) is 14.7 Å². The van der Waals surface area contributed by atoms with Crippen molar-refractivity contribution < 1.29 is 9.90 Å². The quantitative estimate of drug-likeness (QED) is 0.894. The van der Waals surface area contributed by atoms with Gasteiger partial charge in [0.15, 0.2) is 0 Å². The van der Waals surface area contributed by atoms with Gasteiger partial charge in [-0.3, -0.25) is 9.59 Å². The van der Waals surface area contributed by atoms with Crippen molar-refractivity contribution in [3.63, 3.8) is 0 Å². The number of phenols is 1. The number of benzene rings is 1. The van der Waals surface area contributed by atoms with Crippen molar-refractivity contribution >= 4 is 5.91 Å². The van der Waals surface area contributed by atoms with Crippen LogP contribution in [0, 0.1) is 12.8 Å². The van der Waals surface area contributed by atoms with E-state index in [2.05, 4.69) is 9.97 Å². The van der Waals surface area contributed by atoms with Crippen LogP contribution in [0.5, 0.6) is 5.75 Å². The van der Waals surface area contributed by atoms with Crippen LogP contribution in [0.3, 0.4) is 0 Å². The summed E-state index contributed by atoms with van der Waals surface area (Å²) in [5, 5.41) is 9.48. The number of aromatic hydroxyl groups is 1. The number of fused-ring (bicyclic) bond motifs is 1. The van der Waals surface area contributed by atoms with Gasteiger partial charge < -0.3 is 15.0 Å². The van der Waals surface area contributed by atoms with E-state index in [4.69, 9.17) is 0 Å². The number of aryl methyl sites for hydroxylation is 1. The third kappa shape index (κ3) is 3.16. The normalized spacial score (nSPS) is 17.4. The lowest BCUT2D eigenvalue weighted by Crippen LogP contribution is -2.28. The molecule has 6 heteroatoms. The molecular weight excluding hydrogens is 318 g/mol. The highest BCUT2D eigenvalue weighted by molar-refractivity contribution is 5.78. The molecule has 1 amide bonds. The van der Waals surface area contributed by atoms with E-state index in [1.807, 2.05) is 12.1 Å². The van der Waals surface area contributed by atoms with Gasteiger partial charge in [0, 0.05) is 6.42 Å². The summed E-state index contributed by atoms with van der Waals surface area (Å²) >= 11 is 0. The van der Waals surface area contributed by atoms with Crippen LogP contribution in [-0.4, -0.2) is 25.9 Å². The van der Waals surface area contributed by atoms with Gasteiger partial charge in [0.2, 0.25) is 5.91 Å². The molecule has 1 aliphatic heterocycles. The molecule has 1 fully saturated rings. The molecule has 0 bridgehead atoms. The lowest BCUT2D eigenvalue weighted by atomic mass is 9.90. The van der Waals surface area contributed by atoms with Crippen LogP contribution >= 0.6 is 0 Å². The highest BCUT2D eigenvalue weighted by Crippen LogP contribution is 2.45. The third-order valence-corrected chi connectivity index (χ3v) is 5.17. The third-order valence-electron chi connectivity index (χ3n) is 5.17. The second kappa shape index (κ2) is 6.02. The lowest BCUT2D eigenvalue weighted by molar-refractivity contribution is -0.132. The molecule has 2 aromatic rings. The number of aromatic amines is 1. The van der Waals surface area contributed by atoms with Crippen molar-refractivity contribution in [3.8, 4) is 5.75 Å². The van der Waals surface area contributed by atoms with E-state index in [1.54, 1.807) is 24.0 Å². The topological polar surface area (TPSA) is 86.3 Å². The minimum Gasteiger partial charge on any atom is -0.508 e. The molecule has 0 spiro atoms. The number of nitrogens with one attached hydrogen (secondary N) is 1. The molecule has 0 saturated heterocycles. The predicted molar refractivity (Wildman–Crippen MR) is 92.0 cm³/mol. The summed E-state index contributed by atoms with van der Waals surface area (Å²) in [4.78, 5) is 33.7. The molecule has 1 aliphatic carbocycles. The maximum Gasteiger partial charge on any atom is 0.256 e. The first kappa shape index (κ1) is 15.9. The molecule has 1 atom stereocenters. The Balaban J connectivity index is 1.50. The van der Waals surface area contributed by atoms with Crippen LogP contribution in [0.15, 0.2) is 29.1 Å². The van der Waals surface area contributed by atoms with E-state index in [-0.39, 0.29) is 23.1 Å². The molecule has 1 unspecified atom stereocenters. The van der Waals surface area contributed by atoms with Crippen LogP contribution in [0.25, 0.3) is 0 Å². The Morgan fingerprint density at radius 2 is 2.04 bits per heavy atom. The SMILES string of the molecule is Cc1nc2c(c(=O)[nH]1)CN(C(=O)CC(c1ccc(O)cc1)C1CC1)C2. The van der Waals surface area contributed by atoms with Crippen molar-refractivity contribution in [2.45, 2.75) is 45.2 Å². The molecule has 2 heterocycles. The molecule has 1 saturated carbocycles. The number of carbonyl (C=O) groups is 1. The zero-order chi connectivity index (χ0) is 17.6. The van der Waals surface area contributed by atoms with Crippen LogP contribution < -0.4 is 5.56 Å². The lowest BCUT2D eigenvalue weighted by Gasteiger charge is -2.21. The number of rotatable bonds is 4. The van der Waals surface area contributed by atoms with Gasteiger partial charge in [-0.2, -0.15) is 0 Å². The van der Waals surface area contributed by atoms with Gasteiger partial charge in [-0.05, 0) is 49.3 Å². The number of phenolic OH excluding ortho intramolecular Hbond substituents is 1. The minimum atomic E-state index is -0.143. The maximum absolute atomic E-state index is 12.8.